The van der Waals surface area contributed by atoms with E-state index >= 15 is 0 Å². The summed E-state index contributed by atoms with van der Waals surface area (Å²) in [5.41, 5.74) is 8.33. The lowest BCUT2D eigenvalue weighted by molar-refractivity contribution is 0.0711. The van der Waals surface area contributed by atoms with E-state index in [0.717, 1.165) is 41.0 Å². The molecule has 6 nitrogen and oxygen atoms in total. The molecule has 4 heterocycles. The first-order chi connectivity index (χ1) is 12.5. The SMILES string of the molecule is CC(C)n1ncc2c(C(=O)N3CCCC(N)C3)cc(-c3cccs3)nc21. The summed E-state index contributed by atoms with van der Waals surface area (Å²) in [4.78, 5) is 21.0. The van der Waals surface area contributed by atoms with Crippen LogP contribution in [-0.4, -0.2) is 44.7 Å². The van der Waals surface area contributed by atoms with Gasteiger partial charge in [-0.25, -0.2) is 9.67 Å². The summed E-state index contributed by atoms with van der Waals surface area (Å²) in [6.07, 6.45) is 3.68. The molecule has 3 aromatic rings. The van der Waals surface area contributed by atoms with E-state index in [1.807, 2.05) is 33.2 Å². The van der Waals surface area contributed by atoms with Crippen LogP contribution in [0.15, 0.2) is 29.8 Å². The first-order valence-corrected chi connectivity index (χ1v) is 9.89. The van der Waals surface area contributed by atoms with Crippen LogP contribution in [0.5, 0.6) is 0 Å². The van der Waals surface area contributed by atoms with Crippen LogP contribution in [0.25, 0.3) is 21.6 Å². The number of fused-ring (bicyclic) bond motifs is 1. The van der Waals surface area contributed by atoms with Gasteiger partial charge in [-0.3, -0.25) is 4.79 Å². The van der Waals surface area contributed by atoms with Gasteiger partial charge in [-0.05, 0) is 44.2 Å². The summed E-state index contributed by atoms with van der Waals surface area (Å²) in [6.45, 7) is 5.49. The first-order valence-electron chi connectivity index (χ1n) is 9.01. The average Bonchev–Trinajstić information content (AvgIpc) is 3.29. The van der Waals surface area contributed by atoms with Crippen molar-refractivity contribution in [2.24, 2.45) is 5.73 Å². The van der Waals surface area contributed by atoms with Crippen molar-refractivity contribution in [1.29, 1.82) is 0 Å². The van der Waals surface area contributed by atoms with Crippen LogP contribution < -0.4 is 5.73 Å². The van der Waals surface area contributed by atoms with Crippen LogP contribution in [-0.2, 0) is 0 Å². The Kier molecular flexibility index (Phi) is 4.50. The Bertz CT molecular complexity index is 931. The number of amides is 1. The lowest BCUT2D eigenvalue weighted by Crippen LogP contribution is -2.45. The summed E-state index contributed by atoms with van der Waals surface area (Å²) in [5.74, 6) is 0.0219. The van der Waals surface area contributed by atoms with E-state index in [-0.39, 0.29) is 18.0 Å². The quantitative estimate of drug-likeness (QED) is 0.768. The Morgan fingerprint density at radius 3 is 2.96 bits per heavy atom. The van der Waals surface area contributed by atoms with E-state index in [4.69, 9.17) is 10.7 Å². The third kappa shape index (κ3) is 3.01. The van der Waals surface area contributed by atoms with Crippen LogP contribution in [0.4, 0.5) is 0 Å². The van der Waals surface area contributed by atoms with Crippen LogP contribution in [0.2, 0.25) is 0 Å². The van der Waals surface area contributed by atoms with Crippen molar-refractivity contribution < 1.29 is 4.79 Å². The molecule has 1 fully saturated rings. The molecule has 0 saturated carbocycles. The second kappa shape index (κ2) is 6.81. The molecule has 4 rings (SSSR count). The maximum absolute atomic E-state index is 13.3. The van der Waals surface area contributed by atoms with Gasteiger partial charge in [0, 0.05) is 25.2 Å². The molecular formula is C19H23N5OS. The van der Waals surface area contributed by atoms with E-state index in [1.54, 1.807) is 17.5 Å². The summed E-state index contributed by atoms with van der Waals surface area (Å²) in [5, 5.41) is 7.31. The van der Waals surface area contributed by atoms with Gasteiger partial charge in [0.2, 0.25) is 0 Å². The van der Waals surface area contributed by atoms with Gasteiger partial charge >= 0.3 is 0 Å². The Morgan fingerprint density at radius 1 is 1.42 bits per heavy atom. The number of likely N-dealkylation sites (tertiary alicyclic amines) is 1. The number of hydrogen-bond donors (Lipinski definition) is 1. The van der Waals surface area contributed by atoms with Crippen molar-refractivity contribution >= 4 is 28.3 Å². The van der Waals surface area contributed by atoms with Crippen LogP contribution in [0.3, 0.4) is 0 Å². The average molecular weight is 369 g/mol. The van der Waals surface area contributed by atoms with E-state index < -0.39 is 0 Å². The highest BCUT2D eigenvalue weighted by Crippen LogP contribution is 2.30. The molecule has 0 aliphatic carbocycles. The van der Waals surface area contributed by atoms with Crippen LogP contribution in [0, 0.1) is 0 Å². The van der Waals surface area contributed by atoms with Crippen molar-refractivity contribution in [2.75, 3.05) is 13.1 Å². The summed E-state index contributed by atoms with van der Waals surface area (Å²) in [6, 6.07) is 6.16. The molecule has 0 spiro atoms. The number of piperidine rings is 1. The molecule has 3 aromatic heterocycles. The van der Waals surface area contributed by atoms with Gasteiger partial charge in [-0.1, -0.05) is 6.07 Å². The van der Waals surface area contributed by atoms with Crippen molar-refractivity contribution in [3.63, 3.8) is 0 Å². The Balaban J connectivity index is 1.85. The van der Waals surface area contributed by atoms with Gasteiger partial charge in [-0.2, -0.15) is 5.10 Å². The van der Waals surface area contributed by atoms with E-state index in [0.29, 0.717) is 12.1 Å². The molecule has 1 aliphatic rings. The topological polar surface area (TPSA) is 77.0 Å². The third-order valence-corrected chi connectivity index (χ3v) is 5.70. The van der Waals surface area contributed by atoms with Gasteiger partial charge in [0.25, 0.3) is 5.91 Å². The van der Waals surface area contributed by atoms with Crippen LogP contribution >= 0.6 is 11.3 Å². The normalized spacial score (nSPS) is 18.0. The van der Waals surface area contributed by atoms with E-state index in [2.05, 4.69) is 18.9 Å². The van der Waals surface area contributed by atoms with Crippen molar-refractivity contribution in [3.8, 4) is 10.6 Å². The molecule has 7 heteroatoms. The number of rotatable bonds is 3. The third-order valence-electron chi connectivity index (χ3n) is 4.80. The predicted octanol–water partition coefficient (Wildman–Crippen LogP) is 3.30. The van der Waals surface area contributed by atoms with Gasteiger partial charge in [-0.15, -0.1) is 11.3 Å². The minimum atomic E-state index is 0.0219. The maximum Gasteiger partial charge on any atom is 0.254 e. The number of hydrogen-bond acceptors (Lipinski definition) is 5. The second-order valence-corrected chi connectivity index (χ2v) is 8.05. The van der Waals surface area contributed by atoms with E-state index in [1.165, 1.54) is 0 Å². The van der Waals surface area contributed by atoms with Crippen LogP contribution in [0.1, 0.15) is 43.1 Å². The fraction of sp³-hybridized carbons (Fsp3) is 0.421. The summed E-state index contributed by atoms with van der Waals surface area (Å²) >= 11 is 1.62. The Hall–Kier alpha value is -2.25. The van der Waals surface area contributed by atoms with Crippen molar-refractivity contribution in [1.82, 2.24) is 19.7 Å². The zero-order chi connectivity index (χ0) is 18.3. The summed E-state index contributed by atoms with van der Waals surface area (Å²) < 4.78 is 1.88. The highest BCUT2D eigenvalue weighted by atomic mass is 32.1. The molecule has 1 aliphatic heterocycles. The molecule has 2 N–H and O–H groups in total. The number of carbonyl (C=O) groups excluding carboxylic acids is 1. The standard InChI is InChI=1S/C19H23N5OS/c1-12(2)24-18-15(10-21-24)14(9-16(22-18)17-6-4-8-26-17)19(25)23-7-3-5-13(20)11-23/h4,6,8-10,12-13H,3,5,7,11,20H2,1-2H3. The Labute approximate surface area is 156 Å². The molecular weight excluding hydrogens is 346 g/mol. The fourth-order valence-electron chi connectivity index (χ4n) is 3.49. The van der Waals surface area contributed by atoms with Gasteiger partial charge < -0.3 is 10.6 Å². The largest absolute Gasteiger partial charge is 0.337 e. The number of pyridine rings is 1. The molecule has 1 saturated heterocycles. The number of carbonyl (C=O) groups is 1. The number of aromatic nitrogens is 3. The highest BCUT2D eigenvalue weighted by Gasteiger charge is 2.26. The lowest BCUT2D eigenvalue weighted by atomic mass is 10.0. The molecule has 0 aromatic carbocycles. The monoisotopic (exact) mass is 369 g/mol. The zero-order valence-corrected chi connectivity index (χ0v) is 15.9. The maximum atomic E-state index is 13.3. The zero-order valence-electron chi connectivity index (χ0n) is 15.1. The second-order valence-electron chi connectivity index (χ2n) is 7.11. The molecule has 0 bridgehead atoms. The predicted molar refractivity (Wildman–Crippen MR) is 104 cm³/mol. The van der Waals surface area contributed by atoms with Gasteiger partial charge in [0.05, 0.1) is 27.7 Å². The molecule has 136 valence electrons. The summed E-state index contributed by atoms with van der Waals surface area (Å²) in [7, 11) is 0. The molecule has 1 unspecified atom stereocenters. The fourth-order valence-corrected chi connectivity index (χ4v) is 4.17. The minimum Gasteiger partial charge on any atom is -0.337 e. The smallest absolute Gasteiger partial charge is 0.254 e. The van der Waals surface area contributed by atoms with Crippen molar-refractivity contribution in [3.05, 3.63) is 35.3 Å². The molecule has 1 atom stereocenters. The Morgan fingerprint density at radius 2 is 2.27 bits per heavy atom. The van der Waals surface area contributed by atoms with Gasteiger partial charge in [0.1, 0.15) is 0 Å². The first kappa shape index (κ1) is 17.2. The number of nitrogens with two attached hydrogens (primary N) is 1. The minimum absolute atomic E-state index is 0.0219. The molecule has 1 amide bonds. The molecule has 26 heavy (non-hydrogen) atoms. The number of thiophene rings is 1. The van der Waals surface area contributed by atoms with E-state index in [9.17, 15) is 4.79 Å². The highest BCUT2D eigenvalue weighted by molar-refractivity contribution is 7.13. The molecule has 0 radical (unpaired) electrons. The van der Waals surface area contributed by atoms with Crippen molar-refractivity contribution in [2.45, 2.75) is 38.8 Å². The number of nitrogens with zero attached hydrogens (tertiary/aromatic N) is 4. The van der Waals surface area contributed by atoms with Gasteiger partial charge in [0.15, 0.2) is 5.65 Å². The lowest BCUT2D eigenvalue weighted by Gasteiger charge is -2.31.